The fourth-order valence-corrected chi connectivity index (χ4v) is 2.81. The van der Waals surface area contributed by atoms with Crippen LogP contribution in [0.2, 0.25) is 0 Å². The van der Waals surface area contributed by atoms with Crippen LogP contribution in [-0.2, 0) is 6.54 Å². The zero-order valence-corrected chi connectivity index (χ0v) is 11.9. The highest BCUT2D eigenvalue weighted by atomic mass is 32.1. The van der Waals surface area contributed by atoms with E-state index in [0.717, 1.165) is 24.3 Å². The number of fused-ring (bicyclic) bond motifs is 1. The smallest absolute Gasteiger partial charge is 0.268 e. The summed E-state index contributed by atoms with van der Waals surface area (Å²) < 4.78 is 3.24. The Balaban J connectivity index is 2.14. The Morgan fingerprint density at radius 2 is 2.28 bits per heavy atom. The summed E-state index contributed by atoms with van der Waals surface area (Å²) in [6.45, 7) is 4.41. The van der Waals surface area contributed by atoms with E-state index in [-0.39, 0.29) is 5.91 Å². The molecule has 2 aromatic heterocycles. The van der Waals surface area contributed by atoms with Gasteiger partial charge in [-0.1, -0.05) is 0 Å². The quantitative estimate of drug-likeness (QED) is 0.898. The molecule has 0 unspecified atom stereocenters. The first-order chi connectivity index (χ1) is 8.63. The first kappa shape index (κ1) is 13.1. The second-order valence-corrected chi connectivity index (χ2v) is 5.45. The number of carbonyl (C=O) groups excluding carboxylic acids is 1. The van der Waals surface area contributed by atoms with Crippen molar-refractivity contribution in [1.29, 1.82) is 0 Å². The van der Waals surface area contributed by atoms with E-state index < -0.39 is 0 Å². The Morgan fingerprint density at radius 1 is 1.50 bits per heavy atom. The molecule has 2 heterocycles. The minimum atomic E-state index is 0.0158. The second kappa shape index (κ2) is 5.54. The average molecular weight is 265 g/mol. The zero-order chi connectivity index (χ0) is 13.1. The van der Waals surface area contributed by atoms with Crippen LogP contribution in [0.5, 0.6) is 0 Å². The fraction of sp³-hybridized carbons (Fsp3) is 0.462. The standard InChI is InChI=1S/C13H19N3OS/c1-4-16-10-5-8-18-12(10)9-11(16)13(17)14-6-7-15(2)3/h5,8-9H,4,6-7H2,1-3H3,(H,14,17). The summed E-state index contributed by atoms with van der Waals surface area (Å²) in [5, 5.41) is 5.02. The Labute approximate surface area is 111 Å². The number of rotatable bonds is 5. The average Bonchev–Trinajstić information content (AvgIpc) is 2.87. The molecule has 5 heteroatoms. The van der Waals surface area contributed by atoms with Gasteiger partial charge in [-0.15, -0.1) is 11.3 Å². The molecule has 4 nitrogen and oxygen atoms in total. The van der Waals surface area contributed by atoms with Gasteiger partial charge < -0.3 is 14.8 Å². The van der Waals surface area contributed by atoms with Crippen LogP contribution in [-0.4, -0.2) is 42.6 Å². The second-order valence-electron chi connectivity index (χ2n) is 4.50. The van der Waals surface area contributed by atoms with Crippen molar-refractivity contribution in [3.05, 3.63) is 23.2 Å². The van der Waals surface area contributed by atoms with Crippen molar-refractivity contribution in [2.75, 3.05) is 27.2 Å². The summed E-state index contributed by atoms with van der Waals surface area (Å²) in [5.41, 5.74) is 1.92. The Kier molecular flexibility index (Phi) is 4.04. The molecule has 0 saturated carbocycles. The molecule has 2 rings (SSSR count). The Hall–Kier alpha value is -1.33. The van der Waals surface area contributed by atoms with Crippen LogP contribution in [0, 0.1) is 0 Å². The van der Waals surface area contributed by atoms with Crippen LogP contribution in [0.1, 0.15) is 17.4 Å². The number of nitrogens with zero attached hydrogens (tertiary/aromatic N) is 2. The lowest BCUT2D eigenvalue weighted by Crippen LogP contribution is -2.32. The highest BCUT2D eigenvalue weighted by molar-refractivity contribution is 7.17. The number of aryl methyl sites for hydroxylation is 1. The minimum absolute atomic E-state index is 0.0158. The van der Waals surface area contributed by atoms with E-state index in [4.69, 9.17) is 0 Å². The number of nitrogens with one attached hydrogen (secondary N) is 1. The van der Waals surface area contributed by atoms with Crippen molar-refractivity contribution in [2.24, 2.45) is 0 Å². The molecule has 0 bridgehead atoms. The first-order valence-electron chi connectivity index (χ1n) is 6.13. The summed E-state index contributed by atoms with van der Waals surface area (Å²) in [4.78, 5) is 14.2. The third-order valence-electron chi connectivity index (χ3n) is 2.92. The number of hydrogen-bond acceptors (Lipinski definition) is 3. The topological polar surface area (TPSA) is 37.3 Å². The molecule has 0 aliphatic heterocycles. The highest BCUT2D eigenvalue weighted by Gasteiger charge is 2.14. The van der Waals surface area contributed by atoms with Gasteiger partial charge in [-0.3, -0.25) is 4.79 Å². The van der Waals surface area contributed by atoms with Gasteiger partial charge in [-0.05, 0) is 38.5 Å². The monoisotopic (exact) mass is 265 g/mol. The normalized spacial score (nSPS) is 11.3. The molecule has 2 aromatic rings. The molecule has 0 radical (unpaired) electrons. The van der Waals surface area contributed by atoms with E-state index in [2.05, 4.69) is 33.2 Å². The van der Waals surface area contributed by atoms with Crippen LogP contribution >= 0.6 is 11.3 Å². The van der Waals surface area contributed by atoms with Crippen LogP contribution in [0.4, 0.5) is 0 Å². The summed E-state index contributed by atoms with van der Waals surface area (Å²) in [7, 11) is 3.99. The Bertz CT molecular complexity index is 541. The van der Waals surface area contributed by atoms with Gasteiger partial charge >= 0.3 is 0 Å². The van der Waals surface area contributed by atoms with Gasteiger partial charge in [0.25, 0.3) is 5.91 Å². The number of aromatic nitrogens is 1. The number of carbonyl (C=O) groups is 1. The maximum atomic E-state index is 12.1. The molecule has 0 atom stereocenters. The van der Waals surface area contributed by atoms with E-state index in [1.54, 1.807) is 11.3 Å². The van der Waals surface area contributed by atoms with Crippen LogP contribution in [0.3, 0.4) is 0 Å². The molecule has 0 fully saturated rings. The van der Waals surface area contributed by atoms with Crippen molar-refractivity contribution in [2.45, 2.75) is 13.5 Å². The van der Waals surface area contributed by atoms with Crippen LogP contribution in [0.25, 0.3) is 10.2 Å². The third-order valence-corrected chi connectivity index (χ3v) is 3.77. The lowest BCUT2D eigenvalue weighted by molar-refractivity contribution is 0.0942. The molecule has 0 aliphatic carbocycles. The van der Waals surface area contributed by atoms with Gasteiger partial charge in [0.1, 0.15) is 5.69 Å². The minimum Gasteiger partial charge on any atom is -0.349 e. The predicted octanol–water partition coefficient (Wildman–Crippen LogP) is 2.01. The van der Waals surface area contributed by atoms with E-state index in [9.17, 15) is 4.79 Å². The molecule has 18 heavy (non-hydrogen) atoms. The zero-order valence-electron chi connectivity index (χ0n) is 11.1. The number of hydrogen-bond donors (Lipinski definition) is 1. The molecule has 0 spiro atoms. The van der Waals surface area contributed by atoms with Crippen molar-refractivity contribution in [1.82, 2.24) is 14.8 Å². The SMILES string of the molecule is CCn1c(C(=O)NCCN(C)C)cc2sccc21. The molecule has 0 aromatic carbocycles. The Morgan fingerprint density at radius 3 is 2.94 bits per heavy atom. The summed E-state index contributed by atoms with van der Waals surface area (Å²) in [5.74, 6) is 0.0158. The maximum absolute atomic E-state index is 12.1. The highest BCUT2D eigenvalue weighted by Crippen LogP contribution is 2.25. The van der Waals surface area contributed by atoms with Crippen molar-refractivity contribution in [3.8, 4) is 0 Å². The summed E-state index contributed by atoms with van der Waals surface area (Å²) >= 11 is 1.67. The van der Waals surface area contributed by atoms with Gasteiger partial charge in [-0.2, -0.15) is 0 Å². The van der Waals surface area contributed by atoms with E-state index >= 15 is 0 Å². The van der Waals surface area contributed by atoms with Gasteiger partial charge in [0.2, 0.25) is 0 Å². The summed E-state index contributed by atoms with van der Waals surface area (Å²) in [6.07, 6.45) is 0. The molecule has 0 aliphatic rings. The lowest BCUT2D eigenvalue weighted by Gasteiger charge is -2.11. The van der Waals surface area contributed by atoms with E-state index in [0.29, 0.717) is 6.54 Å². The van der Waals surface area contributed by atoms with Crippen molar-refractivity contribution >= 4 is 27.5 Å². The number of amides is 1. The van der Waals surface area contributed by atoms with Crippen molar-refractivity contribution < 1.29 is 4.79 Å². The summed E-state index contributed by atoms with van der Waals surface area (Å²) in [6, 6.07) is 4.05. The molecule has 1 amide bonds. The van der Waals surface area contributed by atoms with Crippen LogP contribution in [0.15, 0.2) is 17.5 Å². The van der Waals surface area contributed by atoms with E-state index in [1.807, 2.05) is 20.2 Å². The fourth-order valence-electron chi connectivity index (χ4n) is 1.99. The molecule has 98 valence electrons. The van der Waals surface area contributed by atoms with Gasteiger partial charge in [0.15, 0.2) is 0 Å². The molecule has 1 N–H and O–H groups in total. The molecular formula is C13H19N3OS. The van der Waals surface area contributed by atoms with Gasteiger partial charge in [-0.25, -0.2) is 0 Å². The number of likely N-dealkylation sites (N-methyl/N-ethyl adjacent to an activating group) is 1. The van der Waals surface area contributed by atoms with Gasteiger partial charge in [0.05, 0.1) is 10.2 Å². The predicted molar refractivity (Wildman–Crippen MR) is 76.4 cm³/mol. The third kappa shape index (κ3) is 2.57. The van der Waals surface area contributed by atoms with Crippen molar-refractivity contribution in [3.63, 3.8) is 0 Å². The molecular weight excluding hydrogens is 246 g/mol. The largest absolute Gasteiger partial charge is 0.349 e. The molecule has 0 saturated heterocycles. The number of thiophene rings is 1. The van der Waals surface area contributed by atoms with E-state index in [1.165, 1.54) is 4.70 Å². The van der Waals surface area contributed by atoms with Crippen LogP contribution < -0.4 is 5.32 Å². The maximum Gasteiger partial charge on any atom is 0.268 e. The lowest BCUT2D eigenvalue weighted by atomic mass is 10.4. The first-order valence-corrected chi connectivity index (χ1v) is 7.01. The van der Waals surface area contributed by atoms with Gasteiger partial charge in [0, 0.05) is 19.6 Å².